The second-order valence-corrected chi connectivity index (χ2v) is 4.65. The maximum absolute atomic E-state index is 11.9. The summed E-state index contributed by atoms with van der Waals surface area (Å²) >= 11 is 0. The fourth-order valence-electron chi connectivity index (χ4n) is 1.84. The Bertz CT molecular complexity index is 711. The van der Waals surface area contributed by atoms with Crippen LogP contribution < -0.4 is 0 Å². The van der Waals surface area contributed by atoms with Crippen molar-refractivity contribution in [1.29, 1.82) is 0 Å². The molecule has 0 heterocycles. The maximum Gasteiger partial charge on any atom is 0.340 e. The van der Waals surface area contributed by atoms with E-state index in [2.05, 4.69) is 0 Å². The van der Waals surface area contributed by atoms with E-state index in [4.69, 9.17) is 4.74 Å². The number of non-ortho nitro benzene ring substituents is 1. The molecule has 0 fully saturated rings. The van der Waals surface area contributed by atoms with Crippen molar-refractivity contribution in [1.82, 2.24) is 0 Å². The van der Waals surface area contributed by atoms with E-state index in [-0.39, 0.29) is 11.3 Å². The van der Waals surface area contributed by atoms with E-state index in [1.807, 2.05) is 0 Å². The number of ketones is 1. The molecule has 118 valence electrons. The minimum Gasteiger partial charge on any atom is -0.455 e. The molecule has 0 aliphatic rings. The van der Waals surface area contributed by atoms with Crippen LogP contribution in [0, 0.1) is 10.1 Å². The quantitative estimate of drug-likeness (QED) is 0.378. The molecule has 0 aliphatic carbocycles. The zero-order chi connectivity index (χ0) is 16.8. The second-order valence-electron chi connectivity index (χ2n) is 4.65. The van der Waals surface area contributed by atoms with Crippen LogP contribution in [-0.4, -0.2) is 28.4 Å². The van der Waals surface area contributed by atoms with E-state index in [0.717, 1.165) is 0 Å². The van der Waals surface area contributed by atoms with Gasteiger partial charge in [0.1, 0.15) is 0 Å². The SMILES string of the molecule is O=C(COC(=O)C(O)c1ccccc1)c1ccc([N+](=O)[O-])cc1. The minimum atomic E-state index is -1.47. The number of aliphatic hydroxyl groups excluding tert-OH is 1. The Balaban J connectivity index is 1.93. The van der Waals surface area contributed by atoms with E-state index < -0.39 is 29.4 Å². The molecule has 0 amide bonds. The monoisotopic (exact) mass is 315 g/mol. The van der Waals surface area contributed by atoms with E-state index in [1.165, 1.54) is 24.3 Å². The van der Waals surface area contributed by atoms with Crippen LogP contribution in [0.1, 0.15) is 22.0 Å². The zero-order valence-corrected chi connectivity index (χ0v) is 11.9. The topological polar surface area (TPSA) is 107 Å². The summed E-state index contributed by atoms with van der Waals surface area (Å²) in [6.45, 7) is -0.555. The number of Topliss-reactive ketones (excluding diaryl/α,β-unsaturated/α-hetero) is 1. The van der Waals surface area contributed by atoms with Crippen LogP contribution in [0.15, 0.2) is 54.6 Å². The van der Waals surface area contributed by atoms with Crippen LogP contribution in [0.2, 0.25) is 0 Å². The molecule has 2 rings (SSSR count). The highest BCUT2D eigenvalue weighted by atomic mass is 16.6. The van der Waals surface area contributed by atoms with Gasteiger partial charge in [-0.3, -0.25) is 14.9 Å². The first-order chi connectivity index (χ1) is 11.0. The average molecular weight is 315 g/mol. The summed E-state index contributed by atoms with van der Waals surface area (Å²) in [6.07, 6.45) is -1.47. The van der Waals surface area contributed by atoms with Crippen LogP contribution in [0.4, 0.5) is 5.69 Å². The molecule has 2 aromatic carbocycles. The zero-order valence-electron chi connectivity index (χ0n) is 11.9. The molecule has 7 heteroatoms. The highest BCUT2D eigenvalue weighted by Gasteiger charge is 2.20. The highest BCUT2D eigenvalue weighted by Crippen LogP contribution is 2.15. The lowest BCUT2D eigenvalue weighted by Crippen LogP contribution is -2.20. The van der Waals surface area contributed by atoms with Crippen molar-refractivity contribution in [3.63, 3.8) is 0 Å². The van der Waals surface area contributed by atoms with Crippen LogP contribution >= 0.6 is 0 Å². The number of carbonyl (C=O) groups is 2. The number of benzene rings is 2. The summed E-state index contributed by atoms with van der Waals surface area (Å²) in [5.74, 6) is -1.46. The van der Waals surface area contributed by atoms with Gasteiger partial charge in [0.2, 0.25) is 0 Å². The predicted octanol–water partition coefficient (Wildman–Crippen LogP) is 2.05. The lowest BCUT2D eigenvalue weighted by molar-refractivity contribution is -0.384. The molecule has 0 saturated heterocycles. The number of esters is 1. The number of rotatable bonds is 6. The molecule has 0 bridgehead atoms. The lowest BCUT2D eigenvalue weighted by atomic mass is 10.1. The van der Waals surface area contributed by atoms with Gasteiger partial charge in [-0.2, -0.15) is 0 Å². The molecule has 1 unspecified atom stereocenters. The Morgan fingerprint density at radius 3 is 2.26 bits per heavy atom. The average Bonchev–Trinajstić information content (AvgIpc) is 2.59. The van der Waals surface area contributed by atoms with Crippen LogP contribution in [0.25, 0.3) is 0 Å². The smallest absolute Gasteiger partial charge is 0.340 e. The van der Waals surface area contributed by atoms with Gasteiger partial charge in [0.25, 0.3) is 5.69 Å². The molecule has 1 N–H and O–H groups in total. The van der Waals surface area contributed by atoms with E-state index in [0.29, 0.717) is 5.56 Å². The molecular formula is C16H13NO6. The fraction of sp³-hybridized carbons (Fsp3) is 0.125. The molecule has 23 heavy (non-hydrogen) atoms. The predicted molar refractivity (Wildman–Crippen MR) is 79.8 cm³/mol. The largest absolute Gasteiger partial charge is 0.455 e. The van der Waals surface area contributed by atoms with E-state index in [1.54, 1.807) is 30.3 Å². The first-order valence-electron chi connectivity index (χ1n) is 6.66. The lowest BCUT2D eigenvalue weighted by Gasteiger charge is -2.10. The molecule has 1 atom stereocenters. The summed E-state index contributed by atoms with van der Waals surface area (Å²) in [6, 6.07) is 13.1. The van der Waals surface area contributed by atoms with E-state index in [9.17, 15) is 24.8 Å². The number of nitro groups is 1. The minimum absolute atomic E-state index is 0.141. The summed E-state index contributed by atoms with van der Waals surface area (Å²) in [5.41, 5.74) is 0.399. The van der Waals surface area contributed by atoms with Gasteiger partial charge in [-0.1, -0.05) is 30.3 Å². The molecule has 0 aliphatic heterocycles. The molecular weight excluding hydrogens is 302 g/mol. The summed E-state index contributed by atoms with van der Waals surface area (Å²) in [4.78, 5) is 33.5. The number of nitro benzene ring substituents is 1. The van der Waals surface area contributed by atoms with Gasteiger partial charge in [-0.25, -0.2) is 4.79 Å². The number of carbonyl (C=O) groups excluding carboxylic acids is 2. The summed E-state index contributed by atoms with van der Waals surface area (Å²) in [7, 11) is 0. The fourth-order valence-corrected chi connectivity index (χ4v) is 1.84. The van der Waals surface area contributed by atoms with Gasteiger partial charge < -0.3 is 9.84 Å². The van der Waals surface area contributed by atoms with Crippen molar-refractivity contribution in [3.05, 3.63) is 75.8 Å². The van der Waals surface area contributed by atoms with Crippen molar-refractivity contribution in [2.24, 2.45) is 0 Å². The molecule has 0 aromatic heterocycles. The third kappa shape index (κ3) is 4.21. The standard InChI is InChI=1S/C16H13NO6/c18-14(11-6-8-13(9-7-11)17(21)22)10-23-16(20)15(19)12-4-2-1-3-5-12/h1-9,15,19H,10H2. The summed E-state index contributed by atoms with van der Waals surface area (Å²) < 4.78 is 4.78. The van der Waals surface area contributed by atoms with Crippen LogP contribution in [0.3, 0.4) is 0 Å². The maximum atomic E-state index is 11.9. The van der Waals surface area contributed by atoms with Gasteiger partial charge in [-0.05, 0) is 17.7 Å². The number of ether oxygens (including phenoxy) is 1. The first-order valence-corrected chi connectivity index (χ1v) is 6.66. The third-order valence-corrected chi connectivity index (χ3v) is 3.08. The first kappa shape index (κ1) is 16.3. The number of hydrogen-bond donors (Lipinski definition) is 1. The van der Waals surface area contributed by atoms with Gasteiger partial charge in [0.15, 0.2) is 18.5 Å². The normalized spacial score (nSPS) is 11.5. The molecule has 7 nitrogen and oxygen atoms in total. The summed E-state index contributed by atoms with van der Waals surface area (Å²) in [5, 5.41) is 20.3. The van der Waals surface area contributed by atoms with Crippen molar-refractivity contribution >= 4 is 17.4 Å². The van der Waals surface area contributed by atoms with Crippen molar-refractivity contribution in [2.45, 2.75) is 6.10 Å². The van der Waals surface area contributed by atoms with Gasteiger partial charge >= 0.3 is 5.97 Å². The van der Waals surface area contributed by atoms with Crippen LogP contribution in [0.5, 0.6) is 0 Å². The molecule has 0 spiro atoms. The van der Waals surface area contributed by atoms with Crippen molar-refractivity contribution < 1.29 is 24.4 Å². The second kappa shape index (κ2) is 7.28. The van der Waals surface area contributed by atoms with Gasteiger partial charge in [-0.15, -0.1) is 0 Å². The highest BCUT2D eigenvalue weighted by molar-refractivity contribution is 5.98. The van der Waals surface area contributed by atoms with Gasteiger partial charge in [0, 0.05) is 17.7 Å². The molecule has 2 aromatic rings. The van der Waals surface area contributed by atoms with Crippen molar-refractivity contribution in [2.75, 3.05) is 6.61 Å². The molecule has 0 radical (unpaired) electrons. The van der Waals surface area contributed by atoms with E-state index >= 15 is 0 Å². The number of nitrogens with zero attached hydrogens (tertiary/aromatic N) is 1. The Labute approximate surface area is 131 Å². The number of aliphatic hydroxyl groups is 1. The Morgan fingerprint density at radius 2 is 1.70 bits per heavy atom. The third-order valence-electron chi connectivity index (χ3n) is 3.08. The number of hydrogen-bond acceptors (Lipinski definition) is 6. The Morgan fingerprint density at radius 1 is 1.09 bits per heavy atom. The molecule has 0 saturated carbocycles. The van der Waals surface area contributed by atoms with Crippen molar-refractivity contribution in [3.8, 4) is 0 Å². The van der Waals surface area contributed by atoms with Crippen LogP contribution in [-0.2, 0) is 9.53 Å². The Kier molecular flexibility index (Phi) is 5.16. The Hall–Kier alpha value is -3.06. The van der Waals surface area contributed by atoms with Gasteiger partial charge in [0.05, 0.1) is 4.92 Å².